The third-order valence-electron chi connectivity index (χ3n) is 4.14. The van der Waals surface area contributed by atoms with Gasteiger partial charge >= 0.3 is 0 Å². The topological polar surface area (TPSA) is 41.8 Å². The molecule has 0 unspecified atom stereocenters. The number of para-hydroxylation sites is 3. The number of rotatable bonds is 1. The standard InChI is InChI=1S/C19H11N2O/c1-2-9-16-12(5-1)13-6-3-7-14(18(13)21-16)15-8-4-10-17-19(15)20-11-22-17/h1-10,21H. The van der Waals surface area contributed by atoms with E-state index in [1.54, 1.807) is 0 Å². The average molecular weight is 283 g/mol. The molecule has 2 heterocycles. The number of oxazole rings is 1. The molecule has 22 heavy (non-hydrogen) atoms. The Morgan fingerprint density at radius 2 is 1.64 bits per heavy atom. The number of aromatic amines is 1. The summed E-state index contributed by atoms with van der Waals surface area (Å²) in [6, 6.07) is 20.7. The van der Waals surface area contributed by atoms with Crippen molar-refractivity contribution in [3.8, 4) is 11.1 Å². The maximum Gasteiger partial charge on any atom is 0.284 e. The second kappa shape index (κ2) is 4.21. The van der Waals surface area contributed by atoms with E-state index < -0.39 is 0 Å². The van der Waals surface area contributed by atoms with Crippen molar-refractivity contribution in [3.05, 3.63) is 67.1 Å². The summed E-state index contributed by atoms with van der Waals surface area (Å²) >= 11 is 0. The molecule has 0 amide bonds. The van der Waals surface area contributed by atoms with Gasteiger partial charge in [-0.25, -0.2) is 4.98 Å². The summed E-state index contributed by atoms with van der Waals surface area (Å²) in [6.45, 7) is 0. The van der Waals surface area contributed by atoms with Crippen LogP contribution >= 0.6 is 0 Å². The normalized spacial score (nSPS) is 11.6. The number of benzene rings is 3. The van der Waals surface area contributed by atoms with Crippen molar-refractivity contribution in [2.75, 3.05) is 0 Å². The number of aromatic nitrogens is 2. The van der Waals surface area contributed by atoms with Crippen LogP contribution in [-0.2, 0) is 0 Å². The van der Waals surface area contributed by atoms with E-state index in [4.69, 9.17) is 4.42 Å². The highest BCUT2D eigenvalue weighted by Crippen LogP contribution is 2.35. The Morgan fingerprint density at radius 1 is 0.818 bits per heavy atom. The molecule has 3 nitrogen and oxygen atoms in total. The fourth-order valence-corrected chi connectivity index (χ4v) is 3.15. The number of nitrogens with one attached hydrogen (secondary N) is 1. The van der Waals surface area contributed by atoms with E-state index in [2.05, 4.69) is 58.8 Å². The number of hydrogen-bond acceptors (Lipinski definition) is 2. The molecule has 5 aromatic rings. The van der Waals surface area contributed by atoms with Crippen molar-refractivity contribution in [2.24, 2.45) is 0 Å². The van der Waals surface area contributed by atoms with Crippen LogP contribution in [0.25, 0.3) is 44.0 Å². The van der Waals surface area contributed by atoms with Crippen LogP contribution in [0.15, 0.2) is 65.1 Å². The fraction of sp³-hybridized carbons (Fsp3) is 0. The molecule has 2 aromatic heterocycles. The highest BCUT2D eigenvalue weighted by atomic mass is 16.3. The smallest absolute Gasteiger partial charge is 0.284 e. The SMILES string of the molecule is [c]1nc2c(-c3cccc4c3[nH]c3ccccc34)cccc2o1. The van der Waals surface area contributed by atoms with Crippen molar-refractivity contribution < 1.29 is 4.42 Å². The van der Waals surface area contributed by atoms with Gasteiger partial charge in [0.15, 0.2) is 5.58 Å². The summed E-state index contributed by atoms with van der Waals surface area (Å²) in [5.41, 5.74) is 6.04. The van der Waals surface area contributed by atoms with Gasteiger partial charge in [0.05, 0.1) is 5.52 Å². The van der Waals surface area contributed by atoms with Crippen LogP contribution in [0.2, 0.25) is 0 Å². The van der Waals surface area contributed by atoms with Crippen molar-refractivity contribution in [2.45, 2.75) is 0 Å². The zero-order chi connectivity index (χ0) is 14.5. The van der Waals surface area contributed by atoms with Crippen molar-refractivity contribution in [1.29, 1.82) is 0 Å². The first kappa shape index (κ1) is 11.6. The minimum Gasteiger partial charge on any atom is -0.432 e. The molecule has 0 fully saturated rings. The van der Waals surface area contributed by atoms with Gasteiger partial charge in [0.25, 0.3) is 6.39 Å². The third-order valence-corrected chi connectivity index (χ3v) is 4.14. The molecule has 0 saturated carbocycles. The van der Waals surface area contributed by atoms with Gasteiger partial charge in [0.1, 0.15) is 5.52 Å². The predicted octanol–water partition coefficient (Wildman–Crippen LogP) is 4.93. The fourth-order valence-electron chi connectivity index (χ4n) is 3.15. The first-order chi connectivity index (χ1) is 10.9. The Bertz CT molecular complexity index is 1130. The Kier molecular flexibility index (Phi) is 2.22. The molecule has 0 atom stereocenters. The van der Waals surface area contributed by atoms with Crippen LogP contribution in [0, 0.1) is 6.39 Å². The second-order valence-electron chi connectivity index (χ2n) is 5.36. The van der Waals surface area contributed by atoms with E-state index in [1.165, 1.54) is 10.8 Å². The lowest BCUT2D eigenvalue weighted by Gasteiger charge is -2.04. The first-order valence-corrected chi connectivity index (χ1v) is 7.17. The molecule has 1 N–H and O–H groups in total. The molecule has 0 saturated heterocycles. The minimum atomic E-state index is 0.755. The number of nitrogens with zero attached hydrogens (tertiary/aromatic N) is 1. The van der Waals surface area contributed by atoms with Gasteiger partial charge in [0, 0.05) is 27.4 Å². The molecule has 0 bridgehead atoms. The second-order valence-corrected chi connectivity index (χ2v) is 5.36. The lowest BCUT2D eigenvalue weighted by atomic mass is 10.0. The summed E-state index contributed by atoms with van der Waals surface area (Å²) in [4.78, 5) is 7.78. The molecule has 0 aliphatic rings. The third kappa shape index (κ3) is 1.48. The van der Waals surface area contributed by atoms with Gasteiger partial charge in [-0.1, -0.05) is 48.5 Å². The maximum absolute atomic E-state index is 5.30. The summed E-state index contributed by atoms with van der Waals surface area (Å²) in [5.74, 6) is 0. The molecular weight excluding hydrogens is 272 g/mol. The van der Waals surface area contributed by atoms with E-state index in [9.17, 15) is 0 Å². The minimum absolute atomic E-state index is 0.755. The summed E-state index contributed by atoms with van der Waals surface area (Å²) in [7, 11) is 0. The zero-order valence-corrected chi connectivity index (χ0v) is 11.6. The van der Waals surface area contributed by atoms with E-state index in [-0.39, 0.29) is 0 Å². The average Bonchev–Trinajstić information content (AvgIpc) is 3.18. The van der Waals surface area contributed by atoms with Gasteiger partial charge < -0.3 is 9.40 Å². The van der Waals surface area contributed by atoms with Gasteiger partial charge in [-0.3, -0.25) is 0 Å². The van der Waals surface area contributed by atoms with Crippen molar-refractivity contribution in [3.63, 3.8) is 0 Å². The van der Waals surface area contributed by atoms with Crippen LogP contribution in [0.1, 0.15) is 0 Å². The largest absolute Gasteiger partial charge is 0.432 e. The van der Waals surface area contributed by atoms with Gasteiger partial charge in [0.2, 0.25) is 0 Å². The Labute approximate surface area is 126 Å². The molecular formula is C19H11N2O. The lowest BCUT2D eigenvalue weighted by Crippen LogP contribution is -1.82. The van der Waals surface area contributed by atoms with Crippen molar-refractivity contribution >= 4 is 32.9 Å². The molecule has 3 heteroatoms. The van der Waals surface area contributed by atoms with Gasteiger partial charge in [-0.05, 0) is 12.1 Å². The molecule has 0 aliphatic carbocycles. The van der Waals surface area contributed by atoms with Crippen LogP contribution in [0.5, 0.6) is 0 Å². The van der Waals surface area contributed by atoms with Crippen LogP contribution < -0.4 is 0 Å². The molecule has 1 radical (unpaired) electrons. The van der Waals surface area contributed by atoms with E-state index >= 15 is 0 Å². The summed E-state index contributed by atoms with van der Waals surface area (Å²) < 4.78 is 5.30. The highest BCUT2D eigenvalue weighted by molar-refractivity contribution is 6.13. The number of H-pyrrole nitrogens is 1. The first-order valence-electron chi connectivity index (χ1n) is 7.17. The van der Waals surface area contributed by atoms with Crippen LogP contribution in [0.4, 0.5) is 0 Å². The van der Waals surface area contributed by atoms with Crippen molar-refractivity contribution in [1.82, 2.24) is 9.97 Å². The summed E-state index contributed by atoms with van der Waals surface area (Å²) in [5, 5.41) is 2.45. The Hall–Kier alpha value is -3.07. The lowest BCUT2D eigenvalue weighted by molar-refractivity contribution is 0.591. The Morgan fingerprint density at radius 3 is 2.64 bits per heavy atom. The highest BCUT2D eigenvalue weighted by Gasteiger charge is 2.13. The molecule has 103 valence electrons. The van der Waals surface area contributed by atoms with Gasteiger partial charge in [-0.2, -0.15) is 0 Å². The molecule has 0 spiro atoms. The number of fused-ring (bicyclic) bond motifs is 4. The van der Waals surface area contributed by atoms with E-state index in [0.29, 0.717) is 0 Å². The van der Waals surface area contributed by atoms with Gasteiger partial charge in [-0.15, -0.1) is 0 Å². The predicted molar refractivity (Wildman–Crippen MR) is 87.6 cm³/mol. The van der Waals surface area contributed by atoms with Crippen LogP contribution in [-0.4, -0.2) is 9.97 Å². The monoisotopic (exact) mass is 283 g/mol. The number of hydrogen-bond donors (Lipinski definition) is 1. The molecule has 5 rings (SSSR count). The van der Waals surface area contributed by atoms with E-state index in [1.807, 2.05) is 18.2 Å². The van der Waals surface area contributed by atoms with Crippen LogP contribution in [0.3, 0.4) is 0 Å². The quantitative estimate of drug-likeness (QED) is 0.474. The maximum atomic E-state index is 5.30. The summed E-state index contributed by atoms with van der Waals surface area (Å²) in [6.07, 6.45) is 2.59. The van der Waals surface area contributed by atoms with E-state index in [0.717, 1.165) is 33.3 Å². The molecule has 3 aromatic carbocycles. The molecule has 0 aliphatic heterocycles. The zero-order valence-electron chi connectivity index (χ0n) is 11.6. The Balaban J connectivity index is 1.94.